The van der Waals surface area contributed by atoms with Crippen LogP contribution in [-0.4, -0.2) is 25.0 Å². The second-order valence-corrected chi connectivity index (χ2v) is 5.13. The molecule has 0 saturated carbocycles. The van der Waals surface area contributed by atoms with Crippen LogP contribution in [0.5, 0.6) is 11.5 Å². The van der Waals surface area contributed by atoms with Crippen LogP contribution < -0.4 is 20.3 Å². The third-order valence-corrected chi connectivity index (χ3v) is 2.61. The molecule has 0 aromatic heterocycles. The number of hydrogen-bond donors (Lipinski definition) is 2. The van der Waals surface area contributed by atoms with E-state index in [1.54, 1.807) is 32.0 Å². The molecule has 1 aromatic rings. The molecule has 116 valence electrons. The SMILES string of the molecule is COc1cc(C(=O)NNC(=O)C(C)C)ccc1OC(C)C. The summed E-state index contributed by atoms with van der Waals surface area (Å²) in [4.78, 5) is 23.4. The number of ether oxygens (including phenoxy) is 2. The lowest BCUT2D eigenvalue weighted by Gasteiger charge is -2.14. The second kappa shape index (κ2) is 7.52. The van der Waals surface area contributed by atoms with Crippen LogP contribution in [0.4, 0.5) is 0 Å². The Bertz CT molecular complexity index is 512. The lowest BCUT2D eigenvalue weighted by atomic mass is 10.2. The summed E-state index contributed by atoms with van der Waals surface area (Å²) in [5.41, 5.74) is 5.08. The minimum atomic E-state index is -0.418. The van der Waals surface area contributed by atoms with Gasteiger partial charge in [0.15, 0.2) is 11.5 Å². The van der Waals surface area contributed by atoms with Crippen LogP contribution in [0.15, 0.2) is 18.2 Å². The summed E-state index contributed by atoms with van der Waals surface area (Å²) < 4.78 is 10.8. The van der Waals surface area contributed by atoms with Gasteiger partial charge in [0.05, 0.1) is 13.2 Å². The van der Waals surface area contributed by atoms with Gasteiger partial charge in [0.25, 0.3) is 5.91 Å². The molecule has 0 aliphatic rings. The van der Waals surface area contributed by atoms with Crippen LogP contribution in [0.25, 0.3) is 0 Å². The number of rotatable bonds is 5. The lowest BCUT2D eigenvalue weighted by Crippen LogP contribution is -2.43. The fourth-order valence-electron chi connectivity index (χ4n) is 1.49. The number of carbonyl (C=O) groups excluding carboxylic acids is 2. The molecule has 6 heteroatoms. The normalized spacial score (nSPS) is 10.4. The number of methoxy groups -OCH3 is 1. The second-order valence-electron chi connectivity index (χ2n) is 5.13. The Morgan fingerprint density at radius 2 is 1.71 bits per heavy atom. The molecule has 1 rings (SSSR count). The highest BCUT2D eigenvalue weighted by Gasteiger charge is 2.13. The minimum absolute atomic E-state index is 0.00362. The summed E-state index contributed by atoms with van der Waals surface area (Å²) in [5.74, 6) is 0.150. The smallest absolute Gasteiger partial charge is 0.269 e. The molecule has 2 amide bonds. The molecule has 2 N–H and O–H groups in total. The fraction of sp³-hybridized carbons (Fsp3) is 0.467. The first kappa shape index (κ1) is 16.8. The summed E-state index contributed by atoms with van der Waals surface area (Å²) in [6.45, 7) is 7.29. The quantitative estimate of drug-likeness (QED) is 0.813. The molecule has 0 radical (unpaired) electrons. The Morgan fingerprint density at radius 1 is 1.05 bits per heavy atom. The van der Waals surface area contributed by atoms with Crippen LogP contribution >= 0.6 is 0 Å². The summed E-state index contributed by atoms with van der Waals surface area (Å²) in [6.07, 6.45) is 0.00362. The third kappa shape index (κ3) is 4.98. The van der Waals surface area contributed by atoms with Gasteiger partial charge in [-0.15, -0.1) is 0 Å². The van der Waals surface area contributed by atoms with Crippen molar-refractivity contribution >= 4 is 11.8 Å². The van der Waals surface area contributed by atoms with Crippen LogP contribution in [0.3, 0.4) is 0 Å². The highest BCUT2D eigenvalue weighted by molar-refractivity contribution is 5.96. The topological polar surface area (TPSA) is 76.7 Å². The number of carbonyl (C=O) groups is 2. The van der Waals surface area contributed by atoms with E-state index in [9.17, 15) is 9.59 Å². The van der Waals surface area contributed by atoms with Gasteiger partial charge in [-0.1, -0.05) is 13.8 Å². The van der Waals surface area contributed by atoms with Crippen molar-refractivity contribution in [3.8, 4) is 11.5 Å². The lowest BCUT2D eigenvalue weighted by molar-refractivity contribution is -0.124. The Balaban J connectivity index is 2.79. The van der Waals surface area contributed by atoms with Crippen LogP contribution in [0.1, 0.15) is 38.1 Å². The van der Waals surface area contributed by atoms with Crippen molar-refractivity contribution in [1.82, 2.24) is 10.9 Å². The first-order valence-electron chi connectivity index (χ1n) is 6.80. The fourth-order valence-corrected chi connectivity index (χ4v) is 1.49. The summed E-state index contributed by atoms with van der Waals surface area (Å²) >= 11 is 0. The molecular formula is C15H22N2O4. The molecule has 1 aromatic carbocycles. The van der Waals surface area contributed by atoms with Crippen LogP contribution in [0, 0.1) is 5.92 Å². The zero-order valence-electron chi connectivity index (χ0n) is 13.0. The van der Waals surface area contributed by atoms with Gasteiger partial charge in [0, 0.05) is 11.5 Å². The van der Waals surface area contributed by atoms with Crippen molar-refractivity contribution in [2.75, 3.05) is 7.11 Å². The first-order chi connectivity index (χ1) is 9.85. The molecule has 0 aliphatic heterocycles. The van der Waals surface area contributed by atoms with E-state index < -0.39 is 5.91 Å². The predicted molar refractivity (Wildman–Crippen MR) is 79.2 cm³/mol. The maximum Gasteiger partial charge on any atom is 0.269 e. The minimum Gasteiger partial charge on any atom is -0.493 e. The third-order valence-electron chi connectivity index (χ3n) is 2.61. The largest absolute Gasteiger partial charge is 0.493 e. The molecule has 0 atom stereocenters. The molecule has 0 aliphatic carbocycles. The monoisotopic (exact) mass is 294 g/mol. The molecule has 0 fully saturated rings. The van der Waals surface area contributed by atoms with Gasteiger partial charge in [-0.25, -0.2) is 0 Å². The molecule has 0 spiro atoms. The van der Waals surface area contributed by atoms with E-state index in [1.807, 2.05) is 13.8 Å². The van der Waals surface area contributed by atoms with E-state index in [0.717, 1.165) is 0 Å². The van der Waals surface area contributed by atoms with Crippen molar-refractivity contribution in [1.29, 1.82) is 0 Å². The first-order valence-corrected chi connectivity index (χ1v) is 6.80. The average molecular weight is 294 g/mol. The Kier molecular flexibility index (Phi) is 6.02. The maximum atomic E-state index is 12.0. The van der Waals surface area contributed by atoms with E-state index >= 15 is 0 Å². The average Bonchev–Trinajstić information content (AvgIpc) is 2.43. The van der Waals surface area contributed by atoms with Crippen molar-refractivity contribution in [2.45, 2.75) is 33.8 Å². The van der Waals surface area contributed by atoms with Crippen molar-refractivity contribution in [2.24, 2.45) is 5.92 Å². The number of benzene rings is 1. The van der Waals surface area contributed by atoms with E-state index in [0.29, 0.717) is 17.1 Å². The Morgan fingerprint density at radius 3 is 2.24 bits per heavy atom. The Hall–Kier alpha value is -2.24. The van der Waals surface area contributed by atoms with Gasteiger partial charge in [0.2, 0.25) is 5.91 Å². The van der Waals surface area contributed by atoms with E-state index in [-0.39, 0.29) is 17.9 Å². The van der Waals surface area contributed by atoms with E-state index in [4.69, 9.17) is 9.47 Å². The predicted octanol–water partition coefficient (Wildman–Crippen LogP) is 1.90. The van der Waals surface area contributed by atoms with Gasteiger partial charge >= 0.3 is 0 Å². The molecule has 21 heavy (non-hydrogen) atoms. The van der Waals surface area contributed by atoms with Gasteiger partial charge in [-0.2, -0.15) is 0 Å². The molecular weight excluding hydrogens is 272 g/mol. The van der Waals surface area contributed by atoms with Gasteiger partial charge in [-0.3, -0.25) is 20.4 Å². The zero-order valence-corrected chi connectivity index (χ0v) is 13.0. The highest BCUT2D eigenvalue weighted by Crippen LogP contribution is 2.28. The van der Waals surface area contributed by atoms with E-state index in [2.05, 4.69) is 10.9 Å². The molecule has 0 saturated heterocycles. The van der Waals surface area contributed by atoms with Gasteiger partial charge < -0.3 is 9.47 Å². The number of nitrogens with one attached hydrogen (secondary N) is 2. The standard InChI is InChI=1S/C15H22N2O4/c1-9(2)14(18)16-17-15(19)11-6-7-12(21-10(3)4)13(8-11)20-5/h6-10H,1-5H3,(H,16,18)(H,17,19). The van der Waals surface area contributed by atoms with Crippen molar-refractivity contribution in [3.63, 3.8) is 0 Å². The van der Waals surface area contributed by atoms with Crippen molar-refractivity contribution in [3.05, 3.63) is 23.8 Å². The number of amides is 2. The van der Waals surface area contributed by atoms with Gasteiger partial charge in [0.1, 0.15) is 0 Å². The number of hydrazine groups is 1. The van der Waals surface area contributed by atoms with Crippen molar-refractivity contribution < 1.29 is 19.1 Å². The number of hydrogen-bond acceptors (Lipinski definition) is 4. The Labute approximate surface area is 124 Å². The van der Waals surface area contributed by atoms with E-state index in [1.165, 1.54) is 7.11 Å². The molecule has 0 heterocycles. The summed E-state index contributed by atoms with van der Waals surface area (Å²) in [5, 5.41) is 0. The van der Waals surface area contributed by atoms with Gasteiger partial charge in [-0.05, 0) is 32.0 Å². The van der Waals surface area contributed by atoms with Crippen LogP contribution in [-0.2, 0) is 4.79 Å². The summed E-state index contributed by atoms with van der Waals surface area (Å²) in [6, 6.07) is 4.84. The zero-order chi connectivity index (χ0) is 16.0. The van der Waals surface area contributed by atoms with Crippen LogP contribution in [0.2, 0.25) is 0 Å². The molecule has 0 unspecified atom stereocenters. The highest BCUT2D eigenvalue weighted by atomic mass is 16.5. The summed E-state index contributed by atoms with van der Waals surface area (Å²) in [7, 11) is 1.50. The maximum absolute atomic E-state index is 12.0. The molecule has 0 bridgehead atoms. The molecule has 6 nitrogen and oxygen atoms in total.